The molecular weight excluding hydrogens is 162 g/mol. The van der Waals surface area contributed by atoms with Crippen LogP contribution in [0.2, 0.25) is 0 Å². The Morgan fingerprint density at radius 2 is 2.00 bits per heavy atom. The Morgan fingerprint density at radius 1 is 1.23 bits per heavy atom. The highest BCUT2D eigenvalue weighted by molar-refractivity contribution is 5.39. The number of aromatic nitrogens is 3. The van der Waals surface area contributed by atoms with Crippen LogP contribution in [0.5, 0.6) is 0 Å². The summed E-state index contributed by atoms with van der Waals surface area (Å²) in [4.78, 5) is 8.59. The normalized spacial score (nSPS) is 12.2. The lowest BCUT2D eigenvalue weighted by atomic mass is 9.92. The number of fused-ring (bicyclic) bond motifs is 1. The molecule has 2 heterocycles. The van der Waals surface area contributed by atoms with Crippen LogP contribution in [0.3, 0.4) is 0 Å². The maximum absolute atomic E-state index is 4.37. The van der Waals surface area contributed by atoms with Crippen molar-refractivity contribution >= 4 is 5.65 Å². The molecule has 0 bridgehead atoms. The van der Waals surface area contributed by atoms with Gasteiger partial charge in [0.05, 0.1) is 5.69 Å². The minimum Gasteiger partial charge on any atom is -0.290 e. The zero-order chi connectivity index (χ0) is 9.47. The minimum atomic E-state index is 0.0910. The van der Waals surface area contributed by atoms with Gasteiger partial charge in [0.15, 0.2) is 0 Å². The summed E-state index contributed by atoms with van der Waals surface area (Å²) in [6, 6.07) is 2.03. The summed E-state index contributed by atoms with van der Waals surface area (Å²) in [6.45, 7) is 6.44. The Labute approximate surface area is 77.4 Å². The second-order valence-electron chi connectivity index (χ2n) is 4.22. The largest absolute Gasteiger partial charge is 0.290 e. The number of nitrogens with zero attached hydrogens (tertiary/aromatic N) is 3. The van der Waals surface area contributed by atoms with Crippen molar-refractivity contribution < 1.29 is 0 Å². The first kappa shape index (κ1) is 8.23. The van der Waals surface area contributed by atoms with Gasteiger partial charge < -0.3 is 0 Å². The van der Waals surface area contributed by atoms with Gasteiger partial charge in [0.25, 0.3) is 0 Å². The van der Waals surface area contributed by atoms with Crippen molar-refractivity contribution in [2.45, 2.75) is 26.2 Å². The first-order valence-electron chi connectivity index (χ1n) is 4.36. The molecule has 3 heteroatoms. The first-order valence-corrected chi connectivity index (χ1v) is 4.36. The van der Waals surface area contributed by atoms with E-state index < -0.39 is 0 Å². The Morgan fingerprint density at radius 3 is 2.69 bits per heavy atom. The maximum atomic E-state index is 4.37. The van der Waals surface area contributed by atoms with E-state index in [1.165, 1.54) is 0 Å². The number of imidazole rings is 1. The van der Waals surface area contributed by atoms with Gasteiger partial charge in [-0.2, -0.15) is 0 Å². The molecule has 2 rings (SSSR count). The number of hydrogen-bond donors (Lipinski definition) is 0. The third-order valence-electron chi connectivity index (χ3n) is 2.05. The van der Waals surface area contributed by atoms with Crippen LogP contribution >= 0.6 is 0 Å². The molecule has 0 aromatic carbocycles. The molecule has 2 aromatic rings. The third-order valence-corrected chi connectivity index (χ3v) is 2.05. The van der Waals surface area contributed by atoms with Gasteiger partial charge in [-0.05, 0) is 0 Å². The molecule has 68 valence electrons. The van der Waals surface area contributed by atoms with E-state index in [-0.39, 0.29) is 5.41 Å². The molecular formula is C10H13N3. The average molecular weight is 175 g/mol. The topological polar surface area (TPSA) is 30.2 Å². The Balaban J connectivity index is 2.61. The van der Waals surface area contributed by atoms with Crippen LogP contribution in [0.4, 0.5) is 0 Å². The highest BCUT2D eigenvalue weighted by Crippen LogP contribution is 2.20. The zero-order valence-corrected chi connectivity index (χ0v) is 8.15. The molecule has 0 fully saturated rings. The molecule has 0 unspecified atom stereocenters. The zero-order valence-electron chi connectivity index (χ0n) is 8.15. The molecule has 0 aliphatic carbocycles. The van der Waals surface area contributed by atoms with E-state index in [4.69, 9.17) is 0 Å². The summed E-state index contributed by atoms with van der Waals surface area (Å²) in [5.74, 6) is 0. The lowest BCUT2D eigenvalue weighted by Gasteiger charge is -2.16. The van der Waals surface area contributed by atoms with Gasteiger partial charge in [0, 0.05) is 23.9 Å². The molecule has 0 saturated carbocycles. The lowest BCUT2D eigenvalue weighted by Crippen LogP contribution is -2.13. The molecule has 0 radical (unpaired) electrons. The van der Waals surface area contributed by atoms with E-state index in [2.05, 4.69) is 30.7 Å². The number of hydrogen-bond acceptors (Lipinski definition) is 2. The molecule has 0 saturated heterocycles. The van der Waals surface area contributed by atoms with Gasteiger partial charge in [-0.25, -0.2) is 9.97 Å². The summed E-state index contributed by atoms with van der Waals surface area (Å²) < 4.78 is 1.91. The second-order valence-corrected chi connectivity index (χ2v) is 4.22. The van der Waals surface area contributed by atoms with Gasteiger partial charge in [-0.3, -0.25) is 4.40 Å². The van der Waals surface area contributed by atoms with Gasteiger partial charge in [0.1, 0.15) is 12.0 Å². The van der Waals surface area contributed by atoms with Crippen molar-refractivity contribution in [2.75, 3.05) is 0 Å². The molecule has 0 aliphatic rings. The van der Waals surface area contributed by atoms with Crippen molar-refractivity contribution in [3.8, 4) is 0 Å². The highest BCUT2D eigenvalue weighted by atomic mass is 15.0. The molecule has 0 N–H and O–H groups in total. The fraction of sp³-hybridized carbons (Fsp3) is 0.400. The van der Waals surface area contributed by atoms with Crippen molar-refractivity contribution in [3.05, 3.63) is 30.5 Å². The van der Waals surface area contributed by atoms with Gasteiger partial charge >= 0.3 is 0 Å². The number of rotatable bonds is 0. The van der Waals surface area contributed by atoms with Crippen LogP contribution in [0.1, 0.15) is 26.5 Å². The van der Waals surface area contributed by atoms with Crippen LogP contribution in [0, 0.1) is 0 Å². The summed E-state index contributed by atoms with van der Waals surface area (Å²) in [5, 5.41) is 0. The Kier molecular flexibility index (Phi) is 1.62. The van der Waals surface area contributed by atoms with Crippen molar-refractivity contribution in [2.24, 2.45) is 0 Å². The fourth-order valence-corrected chi connectivity index (χ4v) is 1.23. The summed E-state index contributed by atoms with van der Waals surface area (Å²) >= 11 is 0. The second kappa shape index (κ2) is 2.55. The quantitative estimate of drug-likeness (QED) is 0.613. The molecule has 0 amide bonds. The Bertz CT molecular complexity index is 423. The van der Waals surface area contributed by atoms with Crippen molar-refractivity contribution in [3.63, 3.8) is 0 Å². The smallest absolute Gasteiger partial charge is 0.139 e. The average Bonchev–Trinajstić information content (AvgIpc) is 2.47. The highest BCUT2D eigenvalue weighted by Gasteiger charge is 2.15. The van der Waals surface area contributed by atoms with E-state index in [9.17, 15) is 0 Å². The predicted molar refractivity (Wildman–Crippen MR) is 51.7 cm³/mol. The minimum absolute atomic E-state index is 0.0910. The SMILES string of the molecule is CC(C)(C)c1cc2nccn2cn1. The van der Waals surface area contributed by atoms with E-state index in [1.54, 1.807) is 6.20 Å². The molecule has 0 atom stereocenters. The van der Waals surface area contributed by atoms with Crippen LogP contribution < -0.4 is 0 Å². The maximum Gasteiger partial charge on any atom is 0.139 e. The van der Waals surface area contributed by atoms with Crippen molar-refractivity contribution in [1.82, 2.24) is 14.4 Å². The van der Waals surface area contributed by atoms with E-state index in [0.717, 1.165) is 11.3 Å². The van der Waals surface area contributed by atoms with Crippen LogP contribution in [-0.4, -0.2) is 14.4 Å². The van der Waals surface area contributed by atoms with Crippen LogP contribution in [-0.2, 0) is 5.41 Å². The molecule has 0 aliphatic heterocycles. The Hall–Kier alpha value is -1.38. The predicted octanol–water partition coefficient (Wildman–Crippen LogP) is 2.03. The van der Waals surface area contributed by atoms with E-state index in [0.29, 0.717) is 0 Å². The standard InChI is InChI=1S/C10H13N3/c1-10(2,3)8-6-9-11-4-5-13(9)7-12-8/h4-7H,1-3H3. The lowest BCUT2D eigenvalue weighted by molar-refractivity contribution is 0.567. The van der Waals surface area contributed by atoms with Crippen LogP contribution in [0.25, 0.3) is 5.65 Å². The van der Waals surface area contributed by atoms with E-state index in [1.807, 2.05) is 23.0 Å². The first-order chi connectivity index (χ1) is 6.07. The monoisotopic (exact) mass is 175 g/mol. The van der Waals surface area contributed by atoms with Gasteiger partial charge in [0.2, 0.25) is 0 Å². The molecule has 2 aromatic heterocycles. The summed E-state index contributed by atoms with van der Waals surface area (Å²) in [5.41, 5.74) is 2.12. The third kappa shape index (κ3) is 1.41. The molecule has 3 nitrogen and oxygen atoms in total. The fourth-order valence-electron chi connectivity index (χ4n) is 1.23. The van der Waals surface area contributed by atoms with Crippen LogP contribution in [0.15, 0.2) is 24.8 Å². The van der Waals surface area contributed by atoms with Gasteiger partial charge in [-0.1, -0.05) is 20.8 Å². The molecule has 0 spiro atoms. The summed E-state index contributed by atoms with van der Waals surface area (Å²) in [7, 11) is 0. The summed E-state index contributed by atoms with van der Waals surface area (Å²) in [6.07, 6.45) is 5.49. The molecule has 13 heavy (non-hydrogen) atoms. The van der Waals surface area contributed by atoms with Crippen molar-refractivity contribution in [1.29, 1.82) is 0 Å². The van der Waals surface area contributed by atoms with Gasteiger partial charge in [-0.15, -0.1) is 0 Å². The van der Waals surface area contributed by atoms with E-state index >= 15 is 0 Å².